The Morgan fingerprint density at radius 2 is 2.00 bits per heavy atom. The van der Waals surface area contributed by atoms with Crippen molar-refractivity contribution >= 4 is 27.3 Å². The van der Waals surface area contributed by atoms with Gasteiger partial charge in [-0.1, -0.05) is 40.0 Å². The van der Waals surface area contributed by atoms with Gasteiger partial charge in [0.05, 0.1) is 3.79 Å². The van der Waals surface area contributed by atoms with E-state index in [1.54, 1.807) is 0 Å². The molecule has 1 heterocycles. The maximum atomic E-state index is 3.78. The minimum atomic E-state index is 0.534. The summed E-state index contributed by atoms with van der Waals surface area (Å²) in [5, 5.41) is 3.78. The number of rotatable bonds is 9. The van der Waals surface area contributed by atoms with Crippen LogP contribution in [0, 0.1) is 12.8 Å². The molecule has 1 nitrogen and oxygen atoms in total. The number of hydrogen-bond donors (Lipinski definition) is 1. The predicted molar refractivity (Wildman–Crippen MR) is 91.1 cm³/mol. The van der Waals surface area contributed by atoms with Crippen molar-refractivity contribution in [3.05, 3.63) is 20.3 Å². The van der Waals surface area contributed by atoms with E-state index in [2.05, 4.69) is 55.0 Å². The molecule has 0 saturated carbocycles. The van der Waals surface area contributed by atoms with Crippen molar-refractivity contribution in [1.29, 1.82) is 0 Å². The number of hydrogen-bond acceptors (Lipinski definition) is 2. The molecule has 1 aromatic heterocycles. The van der Waals surface area contributed by atoms with Gasteiger partial charge in [0, 0.05) is 10.9 Å². The van der Waals surface area contributed by atoms with E-state index >= 15 is 0 Å². The van der Waals surface area contributed by atoms with Crippen molar-refractivity contribution in [2.75, 3.05) is 6.54 Å². The van der Waals surface area contributed by atoms with Crippen LogP contribution in [0.3, 0.4) is 0 Å². The van der Waals surface area contributed by atoms with Crippen LogP contribution in [0.15, 0.2) is 9.85 Å². The Labute approximate surface area is 131 Å². The molecule has 110 valence electrons. The number of aryl methyl sites for hydroxylation is 1. The molecule has 0 aliphatic heterocycles. The van der Waals surface area contributed by atoms with Gasteiger partial charge < -0.3 is 5.32 Å². The fourth-order valence-corrected chi connectivity index (χ4v) is 4.25. The van der Waals surface area contributed by atoms with Crippen molar-refractivity contribution in [3.63, 3.8) is 0 Å². The molecule has 0 fully saturated rings. The molecule has 2 unspecified atom stereocenters. The summed E-state index contributed by atoms with van der Waals surface area (Å²) >= 11 is 5.57. The van der Waals surface area contributed by atoms with Crippen LogP contribution in [-0.2, 0) is 0 Å². The summed E-state index contributed by atoms with van der Waals surface area (Å²) in [6.07, 6.45) is 6.43. The van der Waals surface area contributed by atoms with Gasteiger partial charge in [-0.3, -0.25) is 0 Å². The Hall–Kier alpha value is 0.140. The molecule has 0 spiro atoms. The summed E-state index contributed by atoms with van der Waals surface area (Å²) < 4.78 is 1.29. The Morgan fingerprint density at radius 1 is 1.26 bits per heavy atom. The summed E-state index contributed by atoms with van der Waals surface area (Å²) in [6.45, 7) is 10.2. The summed E-state index contributed by atoms with van der Waals surface area (Å²) in [5.41, 5.74) is 1.37. The topological polar surface area (TPSA) is 12.0 Å². The van der Waals surface area contributed by atoms with Gasteiger partial charge in [-0.05, 0) is 59.8 Å². The van der Waals surface area contributed by atoms with Gasteiger partial charge in [0.1, 0.15) is 0 Å². The molecule has 0 bridgehead atoms. The van der Waals surface area contributed by atoms with Crippen LogP contribution in [0.1, 0.15) is 69.4 Å². The zero-order valence-electron chi connectivity index (χ0n) is 12.8. The van der Waals surface area contributed by atoms with Crippen LogP contribution in [0.5, 0.6) is 0 Å². The molecular formula is C16H28BrNS. The second-order valence-corrected chi connectivity index (χ2v) is 7.75. The van der Waals surface area contributed by atoms with Crippen molar-refractivity contribution < 1.29 is 0 Å². The van der Waals surface area contributed by atoms with Gasteiger partial charge in [0.25, 0.3) is 0 Å². The third-order valence-electron chi connectivity index (χ3n) is 3.72. The summed E-state index contributed by atoms with van der Waals surface area (Å²) in [6, 6.07) is 2.89. The lowest BCUT2D eigenvalue weighted by Gasteiger charge is -2.26. The molecule has 1 N–H and O–H groups in total. The highest BCUT2D eigenvalue weighted by Gasteiger charge is 2.23. The zero-order valence-corrected chi connectivity index (χ0v) is 15.2. The normalized spacial score (nSPS) is 14.6. The molecule has 19 heavy (non-hydrogen) atoms. The van der Waals surface area contributed by atoms with Crippen LogP contribution >= 0.6 is 27.3 Å². The number of nitrogens with one attached hydrogen (secondary N) is 1. The van der Waals surface area contributed by atoms with Gasteiger partial charge >= 0.3 is 0 Å². The fourth-order valence-electron chi connectivity index (χ4n) is 2.51. The molecule has 0 amide bonds. The smallest absolute Gasteiger partial charge is 0.0731 e. The quantitative estimate of drug-likeness (QED) is 0.572. The standard InChI is InChI=1S/C16H28BrNS/c1-5-8-9-13(7-3)15(18-10-6-2)14-11-12(4)16(17)19-14/h11,13,15,18H,5-10H2,1-4H3. The largest absolute Gasteiger partial charge is 0.309 e. The fraction of sp³-hybridized carbons (Fsp3) is 0.750. The summed E-state index contributed by atoms with van der Waals surface area (Å²) in [7, 11) is 0. The Balaban J connectivity index is 2.84. The minimum Gasteiger partial charge on any atom is -0.309 e. The van der Waals surface area contributed by atoms with Gasteiger partial charge in [-0.25, -0.2) is 0 Å². The first-order chi connectivity index (χ1) is 9.13. The second-order valence-electron chi connectivity index (χ2n) is 5.35. The van der Waals surface area contributed by atoms with E-state index in [0.717, 1.165) is 12.5 Å². The van der Waals surface area contributed by atoms with Crippen LogP contribution in [-0.4, -0.2) is 6.54 Å². The lowest BCUT2D eigenvalue weighted by molar-refractivity contribution is 0.327. The maximum Gasteiger partial charge on any atom is 0.0731 e. The lowest BCUT2D eigenvalue weighted by Crippen LogP contribution is -2.28. The molecule has 0 radical (unpaired) electrons. The number of unbranched alkanes of at least 4 members (excludes halogenated alkanes) is 1. The van der Waals surface area contributed by atoms with E-state index in [-0.39, 0.29) is 0 Å². The first kappa shape index (κ1) is 17.2. The summed E-state index contributed by atoms with van der Waals surface area (Å²) in [5.74, 6) is 0.761. The van der Waals surface area contributed by atoms with E-state index in [0.29, 0.717) is 6.04 Å². The molecule has 0 aliphatic carbocycles. The Morgan fingerprint density at radius 3 is 2.47 bits per heavy atom. The average molecular weight is 346 g/mol. The van der Waals surface area contributed by atoms with Crippen molar-refractivity contribution in [1.82, 2.24) is 5.32 Å². The second kappa shape index (κ2) is 9.15. The number of halogens is 1. The first-order valence-electron chi connectivity index (χ1n) is 7.63. The molecule has 1 aromatic rings. The highest BCUT2D eigenvalue weighted by molar-refractivity contribution is 9.11. The molecule has 2 atom stereocenters. The van der Waals surface area contributed by atoms with Gasteiger partial charge in [-0.2, -0.15) is 0 Å². The highest BCUT2D eigenvalue weighted by atomic mass is 79.9. The SMILES string of the molecule is CCCCC(CC)C(NCCC)c1cc(C)c(Br)s1. The van der Waals surface area contributed by atoms with Crippen LogP contribution in [0.2, 0.25) is 0 Å². The van der Waals surface area contributed by atoms with Crippen molar-refractivity contribution in [2.24, 2.45) is 5.92 Å². The average Bonchev–Trinajstić information content (AvgIpc) is 2.73. The van der Waals surface area contributed by atoms with Gasteiger partial charge in [0.2, 0.25) is 0 Å². The minimum absolute atomic E-state index is 0.534. The van der Waals surface area contributed by atoms with Crippen molar-refractivity contribution in [2.45, 2.75) is 65.8 Å². The van der Waals surface area contributed by atoms with Crippen LogP contribution in [0.4, 0.5) is 0 Å². The van der Waals surface area contributed by atoms with E-state index in [1.807, 2.05) is 11.3 Å². The molecule has 3 heteroatoms. The predicted octanol–water partition coefficient (Wildman–Crippen LogP) is 6.08. The first-order valence-corrected chi connectivity index (χ1v) is 9.24. The van der Waals surface area contributed by atoms with Crippen molar-refractivity contribution in [3.8, 4) is 0 Å². The highest BCUT2D eigenvalue weighted by Crippen LogP contribution is 2.37. The van der Waals surface area contributed by atoms with E-state index in [4.69, 9.17) is 0 Å². The lowest BCUT2D eigenvalue weighted by atomic mass is 9.90. The van der Waals surface area contributed by atoms with E-state index in [1.165, 1.54) is 46.3 Å². The molecule has 0 saturated heterocycles. The molecule has 1 rings (SSSR count). The maximum absolute atomic E-state index is 3.78. The molecular weight excluding hydrogens is 318 g/mol. The van der Waals surface area contributed by atoms with E-state index < -0.39 is 0 Å². The van der Waals surface area contributed by atoms with Gasteiger partial charge in [-0.15, -0.1) is 11.3 Å². The van der Waals surface area contributed by atoms with Crippen LogP contribution in [0.25, 0.3) is 0 Å². The van der Waals surface area contributed by atoms with E-state index in [9.17, 15) is 0 Å². The Kier molecular flexibility index (Phi) is 8.27. The summed E-state index contributed by atoms with van der Waals surface area (Å²) in [4.78, 5) is 1.50. The third-order valence-corrected chi connectivity index (χ3v) is 5.94. The monoisotopic (exact) mass is 345 g/mol. The molecule has 0 aliphatic rings. The molecule has 0 aromatic carbocycles. The van der Waals surface area contributed by atoms with Crippen LogP contribution < -0.4 is 5.32 Å². The van der Waals surface area contributed by atoms with Gasteiger partial charge in [0.15, 0.2) is 0 Å². The Bertz CT molecular complexity index is 342. The third kappa shape index (κ3) is 5.20. The zero-order chi connectivity index (χ0) is 14.3. The number of thiophene rings is 1.